The fourth-order valence-electron chi connectivity index (χ4n) is 3.63. The van der Waals surface area contributed by atoms with E-state index in [-0.39, 0.29) is 23.4 Å². The summed E-state index contributed by atoms with van der Waals surface area (Å²) in [5.41, 5.74) is 0.987. The number of aliphatic carboxylic acids is 1. The van der Waals surface area contributed by atoms with Crippen LogP contribution in [-0.4, -0.2) is 21.9 Å². The van der Waals surface area contributed by atoms with Crippen molar-refractivity contribution >= 4 is 23.3 Å². The number of carbonyl (C=O) groups is 2. The van der Waals surface area contributed by atoms with Crippen LogP contribution in [-0.2, 0) is 9.59 Å². The summed E-state index contributed by atoms with van der Waals surface area (Å²) in [5.74, 6) is -2.75. The molecule has 0 aromatic heterocycles. The second kappa shape index (κ2) is 5.49. The average Bonchev–Trinajstić information content (AvgIpc) is 3.09. The molecule has 0 radical (unpaired) electrons. The highest BCUT2D eigenvalue weighted by molar-refractivity contribution is 5.97. The van der Waals surface area contributed by atoms with Gasteiger partial charge in [0.2, 0.25) is 5.91 Å². The summed E-state index contributed by atoms with van der Waals surface area (Å²) >= 11 is 0. The fourth-order valence-corrected chi connectivity index (χ4v) is 3.63. The number of nitrogens with one attached hydrogen (secondary N) is 1. The number of anilines is 1. The van der Waals surface area contributed by atoms with Crippen molar-refractivity contribution < 1.29 is 19.6 Å². The summed E-state index contributed by atoms with van der Waals surface area (Å²) in [4.78, 5) is 34.3. The number of nitro groups is 1. The molecule has 120 valence electrons. The molecule has 1 saturated carbocycles. The molecular formula is C16H16N2O5. The van der Waals surface area contributed by atoms with E-state index < -0.39 is 22.7 Å². The van der Waals surface area contributed by atoms with Gasteiger partial charge in [-0.3, -0.25) is 19.7 Å². The Kier molecular flexibility index (Phi) is 3.63. The summed E-state index contributed by atoms with van der Waals surface area (Å²) in [5, 5.41) is 22.9. The van der Waals surface area contributed by atoms with Gasteiger partial charge in [-0.05, 0) is 36.8 Å². The third-order valence-corrected chi connectivity index (χ3v) is 4.73. The lowest BCUT2D eigenvalue weighted by atomic mass is 9.82. The third kappa shape index (κ3) is 2.58. The normalized spacial score (nSPS) is 27.9. The van der Waals surface area contributed by atoms with Crippen molar-refractivity contribution in [3.8, 4) is 0 Å². The van der Waals surface area contributed by atoms with Crippen molar-refractivity contribution in [3.05, 3.63) is 46.0 Å². The Balaban J connectivity index is 1.81. The largest absolute Gasteiger partial charge is 0.481 e. The quantitative estimate of drug-likeness (QED) is 0.503. The number of allylic oxidation sites excluding steroid dienone is 2. The highest BCUT2D eigenvalue weighted by Gasteiger charge is 2.51. The zero-order valence-corrected chi connectivity index (χ0v) is 12.4. The minimum Gasteiger partial charge on any atom is -0.481 e. The smallest absolute Gasteiger partial charge is 0.307 e. The molecule has 0 heterocycles. The number of carboxylic acids is 1. The summed E-state index contributed by atoms with van der Waals surface area (Å²) in [6.45, 7) is 1.66. The van der Waals surface area contributed by atoms with Gasteiger partial charge in [0, 0.05) is 17.8 Å². The molecule has 0 aliphatic heterocycles. The van der Waals surface area contributed by atoms with E-state index in [1.165, 1.54) is 18.2 Å². The molecule has 2 bridgehead atoms. The van der Waals surface area contributed by atoms with E-state index in [0.29, 0.717) is 17.7 Å². The van der Waals surface area contributed by atoms with E-state index in [2.05, 4.69) is 5.32 Å². The van der Waals surface area contributed by atoms with Crippen LogP contribution in [0.5, 0.6) is 0 Å². The predicted molar refractivity (Wildman–Crippen MR) is 81.8 cm³/mol. The topological polar surface area (TPSA) is 110 Å². The van der Waals surface area contributed by atoms with Crippen molar-refractivity contribution in [2.75, 3.05) is 5.32 Å². The van der Waals surface area contributed by atoms with Crippen LogP contribution in [0.1, 0.15) is 12.0 Å². The molecule has 23 heavy (non-hydrogen) atoms. The van der Waals surface area contributed by atoms with Crippen molar-refractivity contribution in [2.45, 2.75) is 13.3 Å². The SMILES string of the molecule is Cc1cc([N+](=O)[O-])ccc1NC(=O)[C@H]1[C@H](C(=O)O)[C@H]2C=C[C@H]1C2. The first-order chi connectivity index (χ1) is 10.9. The monoisotopic (exact) mass is 316 g/mol. The van der Waals surface area contributed by atoms with Crippen LogP contribution >= 0.6 is 0 Å². The van der Waals surface area contributed by atoms with Crippen molar-refractivity contribution in [1.82, 2.24) is 0 Å². The van der Waals surface area contributed by atoms with Gasteiger partial charge in [0.05, 0.1) is 16.8 Å². The Morgan fingerprint density at radius 1 is 1.26 bits per heavy atom. The Hall–Kier alpha value is -2.70. The number of hydrogen-bond acceptors (Lipinski definition) is 4. The van der Waals surface area contributed by atoms with Gasteiger partial charge in [-0.25, -0.2) is 0 Å². The van der Waals surface area contributed by atoms with E-state index in [1.807, 2.05) is 12.2 Å². The zero-order chi connectivity index (χ0) is 16.7. The predicted octanol–water partition coefficient (Wildman–Crippen LogP) is 2.36. The molecular weight excluding hydrogens is 300 g/mol. The number of amides is 1. The lowest BCUT2D eigenvalue weighted by Crippen LogP contribution is -2.36. The molecule has 0 unspecified atom stereocenters. The first-order valence-corrected chi connectivity index (χ1v) is 7.35. The maximum Gasteiger partial charge on any atom is 0.307 e. The van der Waals surface area contributed by atoms with E-state index in [0.717, 1.165) is 0 Å². The molecule has 0 spiro atoms. The molecule has 1 aromatic carbocycles. The van der Waals surface area contributed by atoms with E-state index >= 15 is 0 Å². The zero-order valence-electron chi connectivity index (χ0n) is 12.4. The van der Waals surface area contributed by atoms with E-state index in [4.69, 9.17) is 0 Å². The Labute approximate surface area is 132 Å². The molecule has 1 amide bonds. The number of hydrogen-bond donors (Lipinski definition) is 2. The average molecular weight is 316 g/mol. The molecule has 7 heteroatoms. The second-order valence-electron chi connectivity index (χ2n) is 6.08. The second-order valence-corrected chi connectivity index (χ2v) is 6.08. The maximum absolute atomic E-state index is 12.5. The number of rotatable bonds is 4. The van der Waals surface area contributed by atoms with Crippen molar-refractivity contribution in [3.63, 3.8) is 0 Å². The van der Waals surface area contributed by atoms with Gasteiger partial charge >= 0.3 is 5.97 Å². The Bertz CT molecular complexity index is 727. The Morgan fingerprint density at radius 3 is 2.48 bits per heavy atom. The number of nitro benzene ring substituents is 1. The number of benzene rings is 1. The highest BCUT2D eigenvalue weighted by atomic mass is 16.6. The van der Waals surface area contributed by atoms with Crippen LogP contribution in [0.4, 0.5) is 11.4 Å². The number of nitrogens with zero attached hydrogens (tertiary/aromatic N) is 1. The summed E-state index contributed by atoms with van der Waals surface area (Å²) < 4.78 is 0. The molecule has 1 aromatic rings. The molecule has 1 fully saturated rings. The minimum absolute atomic E-state index is 0.0493. The lowest BCUT2D eigenvalue weighted by Gasteiger charge is -2.24. The molecule has 2 aliphatic carbocycles. The number of aryl methyl sites for hydroxylation is 1. The molecule has 0 saturated heterocycles. The number of non-ortho nitro benzene ring substituents is 1. The molecule has 4 atom stereocenters. The molecule has 7 nitrogen and oxygen atoms in total. The first-order valence-electron chi connectivity index (χ1n) is 7.35. The van der Waals surface area contributed by atoms with Gasteiger partial charge in [0.15, 0.2) is 0 Å². The first kappa shape index (κ1) is 15.2. The van der Waals surface area contributed by atoms with Gasteiger partial charge in [-0.15, -0.1) is 0 Å². The fraction of sp³-hybridized carbons (Fsp3) is 0.375. The maximum atomic E-state index is 12.5. The summed E-state index contributed by atoms with van der Waals surface area (Å²) in [6.07, 6.45) is 4.48. The van der Waals surface area contributed by atoms with Gasteiger partial charge in [0.25, 0.3) is 5.69 Å². The van der Waals surface area contributed by atoms with Gasteiger partial charge < -0.3 is 10.4 Å². The number of carbonyl (C=O) groups excluding carboxylic acids is 1. The lowest BCUT2D eigenvalue weighted by molar-refractivity contribution is -0.384. The minimum atomic E-state index is -0.956. The van der Waals surface area contributed by atoms with E-state index in [1.54, 1.807) is 6.92 Å². The number of fused-ring (bicyclic) bond motifs is 2. The van der Waals surface area contributed by atoms with Gasteiger partial charge in [0.1, 0.15) is 0 Å². The van der Waals surface area contributed by atoms with Crippen LogP contribution in [0.2, 0.25) is 0 Å². The van der Waals surface area contributed by atoms with Crippen LogP contribution in [0, 0.1) is 40.7 Å². The van der Waals surface area contributed by atoms with Crippen molar-refractivity contribution in [2.24, 2.45) is 23.7 Å². The van der Waals surface area contributed by atoms with Gasteiger partial charge in [-0.2, -0.15) is 0 Å². The third-order valence-electron chi connectivity index (χ3n) is 4.73. The Morgan fingerprint density at radius 2 is 1.91 bits per heavy atom. The van der Waals surface area contributed by atoms with Crippen LogP contribution in [0.15, 0.2) is 30.4 Å². The summed E-state index contributed by atoms with van der Waals surface area (Å²) in [6, 6.07) is 4.17. The summed E-state index contributed by atoms with van der Waals surface area (Å²) in [7, 11) is 0. The van der Waals surface area contributed by atoms with Gasteiger partial charge in [-0.1, -0.05) is 12.2 Å². The van der Waals surface area contributed by atoms with Crippen LogP contribution in [0.25, 0.3) is 0 Å². The number of carboxylic acid groups (broad SMARTS) is 1. The van der Waals surface area contributed by atoms with Crippen molar-refractivity contribution in [1.29, 1.82) is 0 Å². The highest BCUT2D eigenvalue weighted by Crippen LogP contribution is 2.48. The molecule has 3 rings (SSSR count). The van der Waals surface area contributed by atoms with Crippen LogP contribution in [0.3, 0.4) is 0 Å². The standard InChI is InChI=1S/C16H16N2O5/c1-8-6-11(18(22)23)4-5-12(8)17-15(19)13-9-2-3-10(7-9)14(13)16(20)21/h2-6,9-10,13-14H,7H2,1H3,(H,17,19)(H,20,21)/t9-,10-,13+,14+/m0/s1. The molecule has 2 N–H and O–H groups in total. The van der Waals surface area contributed by atoms with E-state index in [9.17, 15) is 24.8 Å². The molecule has 2 aliphatic rings. The van der Waals surface area contributed by atoms with Crippen LogP contribution < -0.4 is 5.32 Å².